The summed E-state index contributed by atoms with van der Waals surface area (Å²) in [6, 6.07) is 12.9. The molecule has 0 aliphatic heterocycles. The summed E-state index contributed by atoms with van der Waals surface area (Å²) in [6.07, 6.45) is 2.77. The fourth-order valence-electron chi connectivity index (χ4n) is 1.67. The van der Waals surface area contributed by atoms with Crippen LogP contribution in [0.25, 0.3) is 6.08 Å². The first-order valence-electron chi connectivity index (χ1n) is 6.13. The highest BCUT2D eigenvalue weighted by atomic mass is 35.5. The molecule has 0 unspecified atom stereocenters. The summed E-state index contributed by atoms with van der Waals surface area (Å²) in [5.74, 6) is -1.42. The molecule has 0 aliphatic rings. The van der Waals surface area contributed by atoms with Gasteiger partial charge in [0, 0.05) is 11.1 Å². The van der Waals surface area contributed by atoms with Crippen LogP contribution in [0.5, 0.6) is 5.75 Å². The van der Waals surface area contributed by atoms with E-state index >= 15 is 0 Å². The van der Waals surface area contributed by atoms with Crippen molar-refractivity contribution in [2.75, 3.05) is 0 Å². The lowest BCUT2D eigenvalue weighted by atomic mass is 10.2. The monoisotopic (exact) mass is 301 g/mol. The predicted molar refractivity (Wildman–Crippen MR) is 81.1 cm³/mol. The fraction of sp³-hybridized carbons (Fsp3) is 0. The molecule has 5 heteroatoms. The Kier molecular flexibility index (Phi) is 4.74. The second-order valence-electron chi connectivity index (χ2n) is 4.22. The minimum Gasteiger partial charge on any atom is -0.507 e. The first-order chi connectivity index (χ1) is 10.1. The van der Waals surface area contributed by atoms with E-state index in [1.165, 1.54) is 18.2 Å². The first-order valence-corrected chi connectivity index (χ1v) is 6.51. The normalized spacial score (nSPS) is 10.5. The third-order valence-electron chi connectivity index (χ3n) is 2.66. The highest BCUT2D eigenvalue weighted by molar-refractivity contribution is 6.30. The van der Waals surface area contributed by atoms with Crippen LogP contribution in [0.4, 0.5) is 0 Å². The third-order valence-corrected chi connectivity index (χ3v) is 2.90. The maximum atomic E-state index is 11.8. The molecule has 0 aromatic heterocycles. The summed E-state index contributed by atoms with van der Waals surface area (Å²) in [6.45, 7) is 0. The van der Waals surface area contributed by atoms with Gasteiger partial charge in [-0.1, -0.05) is 35.9 Å². The number of rotatable bonds is 3. The zero-order valence-electron chi connectivity index (χ0n) is 10.9. The summed E-state index contributed by atoms with van der Waals surface area (Å²) in [4.78, 5) is 23.5. The Hall–Kier alpha value is -2.59. The van der Waals surface area contributed by atoms with Crippen molar-refractivity contribution in [3.63, 3.8) is 0 Å². The molecule has 0 radical (unpaired) electrons. The summed E-state index contributed by atoms with van der Waals surface area (Å²) < 4.78 is 0. The van der Waals surface area contributed by atoms with E-state index in [-0.39, 0.29) is 11.3 Å². The van der Waals surface area contributed by atoms with Crippen molar-refractivity contribution in [2.45, 2.75) is 0 Å². The number of para-hydroxylation sites is 1. The predicted octanol–water partition coefficient (Wildman–Crippen LogP) is 3.02. The summed E-state index contributed by atoms with van der Waals surface area (Å²) in [5.41, 5.74) is 0.787. The molecule has 2 amide bonds. The van der Waals surface area contributed by atoms with E-state index in [0.717, 1.165) is 5.56 Å². The molecule has 21 heavy (non-hydrogen) atoms. The molecule has 0 saturated carbocycles. The number of phenolic OH excluding ortho intramolecular Hbond substituents is 1. The number of benzene rings is 2. The maximum absolute atomic E-state index is 11.8. The van der Waals surface area contributed by atoms with Gasteiger partial charge in [0.2, 0.25) is 0 Å². The van der Waals surface area contributed by atoms with Crippen molar-refractivity contribution < 1.29 is 14.7 Å². The molecule has 4 nitrogen and oxygen atoms in total. The lowest BCUT2D eigenvalue weighted by Crippen LogP contribution is -2.28. The number of hydrogen-bond acceptors (Lipinski definition) is 3. The van der Waals surface area contributed by atoms with Crippen molar-refractivity contribution in [3.8, 4) is 5.75 Å². The molecule has 2 N–H and O–H groups in total. The molecule has 106 valence electrons. The first kappa shape index (κ1) is 14.8. The van der Waals surface area contributed by atoms with Gasteiger partial charge in [-0.25, -0.2) is 0 Å². The topological polar surface area (TPSA) is 66.4 Å². The van der Waals surface area contributed by atoms with Crippen LogP contribution in [0.15, 0.2) is 54.6 Å². The Morgan fingerprint density at radius 1 is 1.10 bits per heavy atom. The minimum atomic E-state index is -0.658. The van der Waals surface area contributed by atoms with Crippen molar-refractivity contribution in [1.82, 2.24) is 5.32 Å². The van der Waals surface area contributed by atoms with E-state index in [1.807, 2.05) is 0 Å². The average molecular weight is 302 g/mol. The number of aromatic hydroxyl groups is 1. The number of halogens is 1. The van der Waals surface area contributed by atoms with Crippen LogP contribution in [-0.4, -0.2) is 16.9 Å². The van der Waals surface area contributed by atoms with E-state index in [1.54, 1.807) is 42.5 Å². The standard InChI is InChI=1S/C16H12ClNO3/c17-12-5-3-4-11(10-12)8-9-15(20)18-16(21)13-6-1-2-7-14(13)19/h1-10,19H,(H,18,20,21)/b9-8+. The molecular formula is C16H12ClNO3. The van der Waals surface area contributed by atoms with Crippen molar-refractivity contribution in [2.24, 2.45) is 0 Å². The van der Waals surface area contributed by atoms with E-state index < -0.39 is 11.8 Å². The molecule has 0 saturated heterocycles. The number of nitrogens with one attached hydrogen (secondary N) is 1. The van der Waals surface area contributed by atoms with E-state index in [0.29, 0.717) is 5.02 Å². The van der Waals surface area contributed by atoms with Crippen LogP contribution < -0.4 is 5.32 Å². The van der Waals surface area contributed by atoms with Crippen molar-refractivity contribution in [3.05, 3.63) is 70.8 Å². The lowest BCUT2D eigenvalue weighted by molar-refractivity contribution is -0.115. The molecular weight excluding hydrogens is 290 g/mol. The third kappa shape index (κ3) is 4.19. The zero-order valence-corrected chi connectivity index (χ0v) is 11.7. The number of hydrogen-bond donors (Lipinski definition) is 2. The SMILES string of the molecule is O=C(/C=C/c1cccc(Cl)c1)NC(=O)c1ccccc1O. The average Bonchev–Trinajstić information content (AvgIpc) is 2.45. The highest BCUT2D eigenvalue weighted by Gasteiger charge is 2.11. The van der Waals surface area contributed by atoms with Crippen molar-refractivity contribution >= 4 is 29.5 Å². The lowest BCUT2D eigenvalue weighted by Gasteiger charge is -2.03. The summed E-state index contributed by atoms with van der Waals surface area (Å²) >= 11 is 5.83. The van der Waals surface area contributed by atoms with Gasteiger partial charge in [0.05, 0.1) is 5.56 Å². The molecule has 2 rings (SSSR count). The molecule has 2 aromatic rings. The van der Waals surface area contributed by atoms with Crippen LogP contribution in [0, 0.1) is 0 Å². The second kappa shape index (κ2) is 6.72. The Bertz CT molecular complexity index is 710. The Labute approximate surface area is 126 Å². The molecule has 2 aromatic carbocycles. The summed E-state index contributed by atoms with van der Waals surface area (Å²) in [5, 5.41) is 12.2. The van der Waals surface area contributed by atoms with Crippen LogP contribution in [0.3, 0.4) is 0 Å². The van der Waals surface area contributed by atoms with E-state index in [2.05, 4.69) is 5.32 Å². The minimum absolute atomic E-state index is 0.0435. The van der Waals surface area contributed by atoms with Gasteiger partial charge >= 0.3 is 0 Å². The number of amides is 2. The zero-order chi connectivity index (χ0) is 15.2. The second-order valence-corrected chi connectivity index (χ2v) is 4.66. The fourth-order valence-corrected chi connectivity index (χ4v) is 1.87. The summed E-state index contributed by atoms with van der Waals surface area (Å²) in [7, 11) is 0. The van der Waals surface area contributed by atoms with Gasteiger partial charge in [0.15, 0.2) is 0 Å². The Morgan fingerprint density at radius 2 is 1.86 bits per heavy atom. The Balaban J connectivity index is 2.02. The largest absolute Gasteiger partial charge is 0.507 e. The molecule has 0 fully saturated rings. The maximum Gasteiger partial charge on any atom is 0.261 e. The van der Waals surface area contributed by atoms with Crippen LogP contribution in [-0.2, 0) is 4.79 Å². The number of carbonyl (C=O) groups is 2. The van der Waals surface area contributed by atoms with Crippen LogP contribution in [0.1, 0.15) is 15.9 Å². The number of imide groups is 1. The van der Waals surface area contributed by atoms with Crippen LogP contribution >= 0.6 is 11.6 Å². The van der Waals surface area contributed by atoms with E-state index in [4.69, 9.17) is 11.6 Å². The van der Waals surface area contributed by atoms with Gasteiger partial charge in [-0.15, -0.1) is 0 Å². The smallest absolute Gasteiger partial charge is 0.261 e. The molecule has 0 aliphatic carbocycles. The van der Waals surface area contributed by atoms with Gasteiger partial charge in [-0.3, -0.25) is 14.9 Å². The van der Waals surface area contributed by atoms with E-state index in [9.17, 15) is 14.7 Å². The molecule has 0 atom stereocenters. The van der Waals surface area contributed by atoms with Gasteiger partial charge in [-0.2, -0.15) is 0 Å². The quantitative estimate of drug-likeness (QED) is 0.856. The van der Waals surface area contributed by atoms with Gasteiger partial charge in [0.25, 0.3) is 11.8 Å². The van der Waals surface area contributed by atoms with Gasteiger partial charge in [-0.05, 0) is 35.9 Å². The van der Waals surface area contributed by atoms with Gasteiger partial charge < -0.3 is 5.11 Å². The molecule has 0 heterocycles. The number of carbonyl (C=O) groups excluding carboxylic acids is 2. The van der Waals surface area contributed by atoms with Gasteiger partial charge in [0.1, 0.15) is 5.75 Å². The van der Waals surface area contributed by atoms with Crippen molar-refractivity contribution in [1.29, 1.82) is 0 Å². The van der Waals surface area contributed by atoms with Crippen LogP contribution in [0.2, 0.25) is 5.02 Å². The molecule has 0 bridgehead atoms. The highest BCUT2D eigenvalue weighted by Crippen LogP contribution is 2.15. The molecule has 0 spiro atoms. The number of phenols is 1. The Morgan fingerprint density at radius 3 is 2.57 bits per heavy atom.